The molecule has 0 radical (unpaired) electrons. The minimum atomic E-state index is -0.608. The number of nitrogens with one attached hydrogen (secondary N) is 5. The van der Waals surface area contributed by atoms with Gasteiger partial charge >= 0.3 is 6.09 Å². The van der Waals surface area contributed by atoms with E-state index < -0.39 is 12.1 Å². The van der Waals surface area contributed by atoms with Gasteiger partial charge in [-0.05, 0) is 94.4 Å². The predicted octanol–water partition coefficient (Wildman–Crippen LogP) is 6.93. The lowest BCUT2D eigenvalue weighted by Crippen LogP contribution is -2.43. The van der Waals surface area contributed by atoms with Crippen molar-refractivity contribution in [2.45, 2.75) is 108 Å². The normalized spacial score (nSPS) is 20.7. The van der Waals surface area contributed by atoms with E-state index in [0.29, 0.717) is 19.0 Å². The lowest BCUT2D eigenvalue weighted by Gasteiger charge is -2.40. The first-order valence-corrected chi connectivity index (χ1v) is 20.0. The number of aromatic nitrogens is 4. The van der Waals surface area contributed by atoms with Crippen LogP contribution in [0.3, 0.4) is 0 Å². The van der Waals surface area contributed by atoms with Crippen molar-refractivity contribution in [2.75, 3.05) is 33.8 Å². The molecule has 2 atom stereocenters. The number of hydrogen-bond acceptors (Lipinski definition) is 7. The number of hydrogen-bond donors (Lipinski definition) is 5. The zero-order chi connectivity index (χ0) is 39.2. The number of amides is 3. The Hall–Kier alpha value is -4.97. The minimum absolute atomic E-state index is 0.0435. The van der Waals surface area contributed by atoms with Crippen LogP contribution in [0, 0.1) is 0 Å². The first kappa shape index (κ1) is 41.2. The van der Waals surface area contributed by atoms with Crippen molar-refractivity contribution in [1.29, 1.82) is 0 Å². The monoisotopic (exact) mass is 752 g/mol. The number of unbranched alkanes of at least 4 members (excludes halogenated alkanes) is 1. The molecule has 0 bridgehead atoms. The van der Waals surface area contributed by atoms with E-state index in [1.54, 1.807) is 13.1 Å². The molecule has 2 aromatic heterocycles. The number of aryl methyl sites for hydroxylation is 1. The summed E-state index contributed by atoms with van der Waals surface area (Å²) in [5.41, 5.74) is 5.61. The summed E-state index contributed by atoms with van der Waals surface area (Å²) in [4.78, 5) is 55.7. The fraction of sp³-hybridized carbons (Fsp3) is 0.512. The largest absolute Gasteiger partial charge is 0.453 e. The number of carbonyl (C=O) groups excluding carboxylic acids is 3. The predicted molar refractivity (Wildman–Crippen MR) is 216 cm³/mol. The Morgan fingerprint density at radius 3 is 2.55 bits per heavy atom. The molecule has 2 fully saturated rings. The van der Waals surface area contributed by atoms with Gasteiger partial charge in [-0.3, -0.25) is 9.59 Å². The number of alkyl carbamates (subject to hydrolysis) is 1. The molecule has 5 N–H and O–H groups in total. The first-order valence-electron chi connectivity index (χ1n) is 20.0. The highest BCUT2D eigenvalue weighted by atomic mass is 16.5. The molecule has 296 valence electrons. The smallest absolute Gasteiger partial charge is 0.407 e. The van der Waals surface area contributed by atoms with E-state index in [1.165, 1.54) is 18.4 Å². The number of rotatable bonds is 18. The number of carbonyl (C=O) groups is 3. The summed E-state index contributed by atoms with van der Waals surface area (Å²) >= 11 is 0. The number of likely N-dealkylation sites (tertiary alicyclic amines) is 1. The second-order valence-corrected chi connectivity index (χ2v) is 14.8. The van der Waals surface area contributed by atoms with Crippen LogP contribution >= 0.6 is 0 Å². The van der Waals surface area contributed by atoms with Crippen LogP contribution in [-0.4, -0.2) is 82.6 Å². The molecule has 3 aromatic rings. The van der Waals surface area contributed by atoms with Gasteiger partial charge in [0.1, 0.15) is 24.2 Å². The molecule has 3 heterocycles. The maximum Gasteiger partial charge on any atom is 0.407 e. The highest BCUT2D eigenvalue weighted by molar-refractivity contribution is 5.85. The molecule has 1 saturated carbocycles. The Morgan fingerprint density at radius 1 is 1.07 bits per heavy atom. The molecule has 1 aliphatic carbocycles. The molecule has 55 heavy (non-hydrogen) atoms. The van der Waals surface area contributed by atoms with E-state index in [0.717, 1.165) is 99.1 Å². The molecule has 1 aromatic carbocycles. The third kappa shape index (κ3) is 10.4. The third-order valence-electron chi connectivity index (χ3n) is 11.3. The van der Waals surface area contributed by atoms with Gasteiger partial charge in [-0.1, -0.05) is 68.5 Å². The lowest BCUT2D eigenvalue weighted by atomic mass is 9.65. The van der Waals surface area contributed by atoms with Gasteiger partial charge in [0, 0.05) is 36.8 Å². The number of aromatic amines is 2. The topological polar surface area (TPSA) is 157 Å². The zero-order valence-corrected chi connectivity index (χ0v) is 33.1. The summed E-state index contributed by atoms with van der Waals surface area (Å²) in [7, 11) is 3.08. The van der Waals surface area contributed by atoms with Crippen LogP contribution in [0.1, 0.15) is 113 Å². The van der Waals surface area contributed by atoms with Crippen molar-refractivity contribution >= 4 is 17.9 Å². The van der Waals surface area contributed by atoms with Crippen molar-refractivity contribution in [3.8, 4) is 11.3 Å². The molecule has 1 saturated heterocycles. The molecule has 3 amide bonds. The van der Waals surface area contributed by atoms with Crippen LogP contribution in [0.2, 0.25) is 0 Å². The van der Waals surface area contributed by atoms with Gasteiger partial charge in [0.05, 0.1) is 25.0 Å². The zero-order valence-electron chi connectivity index (χ0n) is 33.1. The van der Waals surface area contributed by atoms with Crippen molar-refractivity contribution in [3.05, 3.63) is 96.0 Å². The maximum atomic E-state index is 12.9. The van der Waals surface area contributed by atoms with Crippen molar-refractivity contribution < 1.29 is 19.1 Å². The van der Waals surface area contributed by atoms with Gasteiger partial charge in [0.25, 0.3) is 0 Å². The van der Waals surface area contributed by atoms with Gasteiger partial charge in [0.2, 0.25) is 11.8 Å². The Morgan fingerprint density at radius 2 is 1.85 bits per heavy atom. The Balaban J connectivity index is 1.11. The third-order valence-corrected chi connectivity index (χ3v) is 11.3. The Kier molecular flexibility index (Phi) is 15.1. The van der Waals surface area contributed by atoms with E-state index in [-0.39, 0.29) is 29.8 Å². The second kappa shape index (κ2) is 20.1. The highest BCUT2D eigenvalue weighted by Crippen LogP contribution is 2.47. The van der Waals surface area contributed by atoms with Crippen LogP contribution in [0.25, 0.3) is 11.3 Å². The summed E-state index contributed by atoms with van der Waals surface area (Å²) in [5.74, 6) is 2.12. The van der Waals surface area contributed by atoms with E-state index in [4.69, 9.17) is 4.98 Å². The molecule has 12 nitrogen and oxygen atoms in total. The fourth-order valence-electron chi connectivity index (χ4n) is 8.41. The van der Waals surface area contributed by atoms with Crippen LogP contribution in [0.15, 0.2) is 73.1 Å². The SMILES string of the molecule is C=C/C=C(\C=C/C)C(NC)C(=O)NCCCCc1ncc(-c2ccc(C3CCC(CCC)(c4cnc(C5CCCN5C(=O)CNC(=O)OC)[nH]4)CC3)cc2)[nH]1. The van der Waals surface area contributed by atoms with Gasteiger partial charge < -0.3 is 35.6 Å². The van der Waals surface area contributed by atoms with Gasteiger partial charge in [-0.25, -0.2) is 14.8 Å². The van der Waals surface area contributed by atoms with Crippen molar-refractivity contribution in [1.82, 2.24) is 40.8 Å². The van der Waals surface area contributed by atoms with Crippen LogP contribution in [0.4, 0.5) is 4.79 Å². The Bertz CT molecular complexity index is 1780. The number of allylic oxidation sites excluding steroid dienone is 3. The average Bonchev–Trinajstić information content (AvgIpc) is 4.00. The molecule has 2 unspecified atom stereocenters. The van der Waals surface area contributed by atoms with Gasteiger partial charge in [-0.15, -0.1) is 0 Å². The number of nitrogens with zero attached hydrogens (tertiary/aromatic N) is 3. The van der Waals surface area contributed by atoms with Crippen molar-refractivity contribution in [3.63, 3.8) is 0 Å². The van der Waals surface area contributed by atoms with Crippen molar-refractivity contribution in [2.24, 2.45) is 0 Å². The molecule has 2 aliphatic rings. The molecule has 0 spiro atoms. The average molecular weight is 753 g/mol. The Labute approximate surface area is 326 Å². The van der Waals surface area contributed by atoms with E-state index in [1.807, 2.05) is 42.4 Å². The quantitative estimate of drug-likeness (QED) is 0.0697. The number of H-pyrrole nitrogens is 2. The summed E-state index contributed by atoms with van der Waals surface area (Å²) < 4.78 is 4.62. The summed E-state index contributed by atoms with van der Waals surface area (Å²) in [6.45, 7) is 9.11. The lowest BCUT2D eigenvalue weighted by molar-refractivity contribution is -0.131. The minimum Gasteiger partial charge on any atom is -0.453 e. The van der Waals surface area contributed by atoms with Crippen LogP contribution in [-0.2, 0) is 26.2 Å². The fourth-order valence-corrected chi connectivity index (χ4v) is 8.41. The second-order valence-electron chi connectivity index (χ2n) is 14.8. The number of methoxy groups -OCH3 is 1. The van der Waals surface area contributed by atoms with Gasteiger partial charge in [-0.2, -0.15) is 0 Å². The summed E-state index contributed by atoms with van der Waals surface area (Å²) in [6.07, 6.45) is 21.6. The van der Waals surface area contributed by atoms with E-state index in [9.17, 15) is 14.4 Å². The molecule has 12 heteroatoms. The summed E-state index contributed by atoms with van der Waals surface area (Å²) in [5, 5.41) is 8.66. The standard InChI is InChI=1S/C43H60N8O4/c1-6-12-33(13-7-2)39(44-4)41(53)45-25-10-9-15-37-46-27-34(49-37)32-18-16-30(17-19-32)31-20-23-43(22-8-3,24-21-31)36-28-47-40(50-36)35-14-11-26-51(35)38(52)29-48-42(54)55-5/h6-7,12-13,16-19,27-28,31,35,39,44H,1,8-11,14-15,20-26,29H2,2-5H3,(H,45,53)(H,46,49)(H,47,50)(H,48,54)/b13-7-,33-12+. The van der Waals surface area contributed by atoms with E-state index in [2.05, 4.69) is 73.4 Å². The number of likely N-dealkylation sites (N-methyl/N-ethyl adjacent to an activating group) is 1. The molecule has 1 aliphatic heterocycles. The number of benzene rings is 1. The number of imidazole rings is 2. The number of ether oxygens (including phenoxy) is 1. The summed E-state index contributed by atoms with van der Waals surface area (Å²) in [6, 6.07) is 8.42. The van der Waals surface area contributed by atoms with Gasteiger partial charge in [0.15, 0.2) is 0 Å². The van der Waals surface area contributed by atoms with E-state index >= 15 is 0 Å². The highest BCUT2D eigenvalue weighted by Gasteiger charge is 2.39. The molecular weight excluding hydrogens is 693 g/mol. The van der Waals surface area contributed by atoms with Crippen LogP contribution < -0.4 is 16.0 Å². The maximum absolute atomic E-state index is 12.9. The van der Waals surface area contributed by atoms with Crippen LogP contribution in [0.5, 0.6) is 0 Å². The molecule has 5 rings (SSSR count). The molecular formula is C43H60N8O4. The first-order chi connectivity index (χ1) is 26.7.